The summed E-state index contributed by atoms with van der Waals surface area (Å²) in [5.74, 6) is 0.609. The predicted octanol–water partition coefficient (Wildman–Crippen LogP) is 2.60. The van der Waals surface area contributed by atoms with E-state index in [1.807, 2.05) is 0 Å². The molecule has 1 fully saturated rings. The van der Waals surface area contributed by atoms with Gasteiger partial charge in [-0.3, -0.25) is 0 Å². The zero-order valence-electron chi connectivity index (χ0n) is 11.9. The lowest BCUT2D eigenvalue weighted by Gasteiger charge is -2.33. The summed E-state index contributed by atoms with van der Waals surface area (Å²) in [6.45, 7) is 12.2. The number of hydrogen-bond donors (Lipinski definition) is 1. The van der Waals surface area contributed by atoms with E-state index in [-0.39, 0.29) is 5.60 Å². The van der Waals surface area contributed by atoms with Crippen LogP contribution in [0, 0.1) is 5.92 Å². The number of hydrogen-bond acceptors (Lipinski definition) is 3. The third-order valence-corrected chi connectivity index (χ3v) is 3.12. The summed E-state index contributed by atoms with van der Waals surface area (Å²) >= 11 is 0. The van der Waals surface area contributed by atoms with Crippen LogP contribution in [-0.4, -0.2) is 38.0 Å². The van der Waals surface area contributed by atoms with Crippen molar-refractivity contribution in [3.63, 3.8) is 0 Å². The van der Waals surface area contributed by atoms with Gasteiger partial charge in [0.2, 0.25) is 0 Å². The zero-order valence-corrected chi connectivity index (χ0v) is 11.9. The Morgan fingerprint density at radius 3 is 2.71 bits per heavy atom. The fraction of sp³-hybridized carbons (Fsp3) is 1.00. The molecule has 0 spiro atoms. The Bertz CT molecular complexity index is 195. The van der Waals surface area contributed by atoms with Gasteiger partial charge < -0.3 is 14.8 Å². The van der Waals surface area contributed by atoms with Crippen molar-refractivity contribution in [3.05, 3.63) is 0 Å². The second kappa shape index (κ2) is 7.34. The molecule has 2 unspecified atom stereocenters. The van der Waals surface area contributed by atoms with Crippen molar-refractivity contribution >= 4 is 0 Å². The van der Waals surface area contributed by atoms with E-state index < -0.39 is 0 Å². The van der Waals surface area contributed by atoms with Gasteiger partial charge in [0.1, 0.15) is 0 Å². The third kappa shape index (κ3) is 6.39. The van der Waals surface area contributed by atoms with Gasteiger partial charge >= 0.3 is 0 Å². The van der Waals surface area contributed by atoms with E-state index in [1.165, 1.54) is 19.3 Å². The molecule has 0 bridgehead atoms. The standard InChI is InChI=1S/C14H29NO2/c1-5-8-15-13(11-17-14(2,3)4)12-7-6-9-16-10-12/h12-13,15H,5-11H2,1-4H3. The molecule has 1 rings (SSSR count). The largest absolute Gasteiger partial charge is 0.381 e. The molecule has 0 saturated carbocycles. The predicted molar refractivity (Wildman–Crippen MR) is 71.3 cm³/mol. The fourth-order valence-corrected chi connectivity index (χ4v) is 2.11. The van der Waals surface area contributed by atoms with E-state index in [4.69, 9.17) is 9.47 Å². The van der Waals surface area contributed by atoms with Crippen LogP contribution < -0.4 is 5.32 Å². The first kappa shape index (κ1) is 14.9. The molecule has 0 amide bonds. The van der Waals surface area contributed by atoms with Gasteiger partial charge in [0, 0.05) is 12.6 Å². The summed E-state index contributed by atoms with van der Waals surface area (Å²) in [6, 6.07) is 0.439. The first-order valence-electron chi connectivity index (χ1n) is 6.98. The van der Waals surface area contributed by atoms with Crippen molar-refractivity contribution in [2.75, 3.05) is 26.4 Å². The Morgan fingerprint density at radius 1 is 1.41 bits per heavy atom. The second-order valence-corrected chi connectivity index (χ2v) is 5.96. The van der Waals surface area contributed by atoms with Crippen LogP contribution >= 0.6 is 0 Å². The third-order valence-electron chi connectivity index (χ3n) is 3.12. The quantitative estimate of drug-likeness (QED) is 0.778. The molecule has 0 aromatic heterocycles. The average Bonchev–Trinajstić information content (AvgIpc) is 2.29. The Kier molecular flexibility index (Phi) is 6.45. The van der Waals surface area contributed by atoms with Crippen LogP contribution in [0.15, 0.2) is 0 Å². The van der Waals surface area contributed by atoms with E-state index in [9.17, 15) is 0 Å². The Hall–Kier alpha value is -0.120. The molecule has 1 N–H and O–H groups in total. The molecule has 0 aromatic rings. The van der Waals surface area contributed by atoms with Crippen LogP contribution in [0.4, 0.5) is 0 Å². The minimum absolute atomic E-state index is 0.0539. The van der Waals surface area contributed by atoms with Crippen LogP contribution in [0.1, 0.15) is 47.0 Å². The molecule has 3 heteroatoms. The van der Waals surface area contributed by atoms with Crippen LogP contribution in [0.2, 0.25) is 0 Å². The van der Waals surface area contributed by atoms with Crippen molar-refractivity contribution in [2.24, 2.45) is 5.92 Å². The van der Waals surface area contributed by atoms with Crippen LogP contribution in [0.3, 0.4) is 0 Å². The first-order valence-corrected chi connectivity index (χ1v) is 6.98. The highest BCUT2D eigenvalue weighted by Crippen LogP contribution is 2.19. The minimum atomic E-state index is -0.0539. The van der Waals surface area contributed by atoms with Crippen molar-refractivity contribution in [2.45, 2.75) is 58.6 Å². The van der Waals surface area contributed by atoms with Gasteiger partial charge in [0.25, 0.3) is 0 Å². The molecule has 1 aliphatic heterocycles. The van der Waals surface area contributed by atoms with Gasteiger partial charge in [-0.15, -0.1) is 0 Å². The van der Waals surface area contributed by atoms with Gasteiger partial charge in [-0.05, 0) is 52.5 Å². The van der Waals surface area contributed by atoms with Gasteiger partial charge in [0.05, 0.1) is 18.8 Å². The maximum absolute atomic E-state index is 5.92. The fourth-order valence-electron chi connectivity index (χ4n) is 2.11. The highest BCUT2D eigenvalue weighted by atomic mass is 16.5. The van der Waals surface area contributed by atoms with Crippen molar-refractivity contribution in [1.82, 2.24) is 5.32 Å². The highest BCUT2D eigenvalue weighted by molar-refractivity contribution is 4.79. The topological polar surface area (TPSA) is 30.5 Å². The molecule has 3 nitrogen and oxygen atoms in total. The Morgan fingerprint density at radius 2 is 2.18 bits per heavy atom. The normalized spacial score (nSPS) is 23.6. The Balaban J connectivity index is 2.40. The number of rotatable bonds is 6. The average molecular weight is 243 g/mol. The van der Waals surface area contributed by atoms with Crippen LogP contribution in [0.25, 0.3) is 0 Å². The van der Waals surface area contributed by atoms with Crippen LogP contribution in [-0.2, 0) is 9.47 Å². The Labute approximate surface area is 106 Å². The summed E-state index contributed by atoms with van der Waals surface area (Å²) in [6.07, 6.45) is 3.61. The van der Waals surface area contributed by atoms with E-state index >= 15 is 0 Å². The SMILES string of the molecule is CCCNC(COC(C)(C)C)C1CCCOC1. The molecule has 0 aromatic carbocycles. The summed E-state index contributed by atoms with van der Waals surface area (Å²) < 4.78 is 11.5. The molecule has 17 heavy (non-hydrogen) atoms. The lowest BCUT2D eigenvalue weighted by molar-refractivity contribution is -0.0393. The molecule has 1 saturated heterocycles. The molecule has 1 aliphatic rings. The van der Waals surface area contributed by atoms with Crippen molar-refractivity contribution in [1.29, 1.82) is 0 Å². The first-order chi connectivity index (χ1) is 8.03. The molecule has 0 aliphatic carbocycles. The lowest BCUT2D eigenvalue weighted by atomic mass is 9.94. The van der Waals surface area contributed by atoms with E-state index in [1.54, 1.807) is 0 Å². The van der Waals surface area contributed by atoms with Gasteiger partial charge in [0.15, 0.2) is 0 Å². The molecule has 1 heterocycles. The summed E-state index contributed by atoms with van der Waals surface area (Å²) in [5, 5.41) is 3.61. The smallest absolute Gasteiger partial charge is 0.0630 e. The maximum atomic E-state index is 5.92. The number of ether oxygens (including phenoxy) is 2. The van der Waals surface area contributed by atoms with Gasteiger partial charge in [-0.25, -0.2) is 0 Å². The van der Waals surface area contributed by atoms with Gasteiger partial charge in [-0.1, -0.05) is 6.92 Å². The zero-order chi connectivity index (χ0) is 12.7. The van der Waals surface area contributed by atoms with E-state index in [0.29, 0.717) is 12.0 Å². The second-order valence-electron chi connectivity index (χ2n) is 5.96. The molecule has 2 atom stereocenters. The minimum Gasteiger partial charge on any atom is -0.381 e. The summed E-state index contributed by atoms with van der Waals surface area (Å²) in [5.41, 5.74) is -0.0539. The highest BCUT2D eigenvalue weighted by Gasteiger charge is 2.25. The summed E-state index contributed by atoms with van der Waals surface area (Å²) in [4.78, 5) is 0. The van der Waals surface area contributed by atoms with Gasteiger partial charge in [-0.2, -0.15) is 0 Å². The summed E-state index contributed by atoms with van der Waals surface area (Å²) in [7, 11) is 0. The monoisotopic (exact) mass is 243 g/mol. The van der Waals surface area contributed by atoms with Crippen molar-refractivity contribution in [3.8, 4) is 0 Å². The maximum Gasteiger partial charge on any atom is 0.0630 e. The van der Waals surface area contributed by atoms with Crippen LogP contribution in [0.5, 0.6) is 0 Å². The van der Waals surface area contributed by atoms with E-state index in [0.717, 1.165) is 26.4 Å². The van der Waals surface area contributed by atoms with Crippen molar-refractivity contribution < 1.29 is 9.47 Å². The molecule has 0 radical (unpaired) electrons. The lowest BCUT2D eigenvalue weighted by Crippen LogP contribution is -2.45. The number of nitrogens with one attached hydrogen (secondary N) is 1. The molecule has 102 valence electrons. The van der Waals surface area contributed by atoms with E-state index in [2.05, 4.69) is 33.0 Å². The molecular weight excluding hydrogens is 214 g/mol. The molecular formula is C14H29NO2.